The summed E-state index contributed by atoms with van der Waals surface area (Å²) < 4.78 is 5.20. The number of fused-ring (bicyclic) bond motifs is 1. The zero-order valence-electron chi connectivity index (χ0n) is 6.08. The van der Waals surface area contributed by atoms with Crippen LogP contribution >= 0.6 is 0 Å². The standard InChI is InChI=1S/C8H9NO2/c10-7-3-6-5-11-2-1-8(6)9-4-7/h3-4,10H,1-2,5H2. The molecule has 2 heterocycles. The monoisotopic (exact) mass is 151 g/mol. The molecule has 0 aliphatic carbocycles. The minimum atomic E-state index is 0.217. The molecule has 0 saturated heterocycles. The molecule has 0 atom stereocenters. The van der Waals surface area contributed by atoms with E-state index in [-0.39, 0.29) is 5.75 Å². The van der Waals surface area contributed by atoms with E-state index in [1.54, 1.807) is 6.07 Å². The molecule has 11 heavy (non-hydrogen) atoms. The first-order valence-electron chi connectivity index (χ1n) is 3.61. The van der Waals surface area contributed by atoms with Gasteiger partial charge < -0.3 is 9.84 Å². The summed E-state index contributed by atoms with van der Waals surface area (Å²) in [6.45, 7) is 1.32. The van der Waals surface area contributed by atoms with Crippen LogP contribution in [0, 0.1) is 0 Å². The molecule has 0 bridgehead atoms. The second-order valence-corrected chi connectivity index (χ2v) is 2.60. The Morgan fingerprint density at radius 1 is 1.55 bits per heavy atom. The summed E-state index contributed by atoms with van der Waals surface area (Å²) >= 11 is 0. The molecule has 3 nitrogen and oxygen atoms in total. The van der Waals surface area contributed by atoms with E-state index in [0.717, 1.165) is 24.3 Å². The Morgan fingerprint density at radius 2 is 2.45 bits per heavy atom. The van der Waals surface area contributed by atoms with Gasteiger partial charge in [-0.25, -0.2) is 0 Å². The van der Waals surface area contributed by atoms with Gasteiger partial charge in [0.2, 0.25) is 0 Å². The molecule has 58 valence electrons. The average Bonchev–Trinajstić information content (AvgIpc) is 2.04. The van der Waals surface area contributed by atoms with Gasteiger partial charge in [-0.1, -0.05) is 0 Å². The largest absolute Gasteiger partial charge is 0.506 e. The minimum Gasteiger partial charge on any atom is -0.506 e. The maximum Gasteiger partial charge on any atom is 0.134 e. The molecule has 2 rings (SSSR count). The Hall–Kier alpha value is -1.09. The second-order valence-electron chi connectivity index (χ2n) is 2.60. The number of nitrogens with zero attached hydrogens (tertiary/aromatic N) is 1. The molecule has 3 heteroatoms. The topological polar surface area (TPSA) is 42.4 Å². The van der Waals surface area contributed by atoms with Crippen LogP contribution < -0.4 is 0 Å². The third-order valence-electron chi connectivity index (χ3n) is 1.79. The Kier molecular flexibility index (Phi) is 1.51. The first-order chi connectivity index (χ1) is 5.36. The summed E-state index contributed by atoms with van der Waals surface area (Å²) in [6, 6.07) is 1.71. The maximum absolute atomic E-state index is 9.07. The van der Waals surface area contributed by atoms with Crippen LogP contribution in [-0.4, -0.2) is 16.7 Å². The summed E-state index contributed by atoms with van der Waals surface area (Å²) in [7, 11) is 0. The quantitative estimate of drug-likeness (QED) is 0.598. The summed E-state index contributed by atoms with van der Waals surface area (Å²) in [5.41, 5.74) is 2.06. The molecule has 1 aliphatic heterocycles. The number of hydrogen-bond donors (Lipinski definition) is 1. The number of ether oxygens (including phenoxy) is 1. The van der Waals surface area contributed by atoms with Crippen molar-refractivity contribution in [3.63, 3.8) is 0 Å². The van der Waals surface area contributed by atoms with Gasteiger partial charge in [0.25, 0.3) is 0 Å². The van der Waals surface area contributed by atoms with Gasteiger partial charge in [-0.2, -0.15) is 0 Å². The average molecular weight is 151 g/mol. The van der Waals surface area contributed by atoms with E-state index in [2.05, 4.69) is 4.98 Å². The van der Waals surface area contributed by atoms with E-state index < -0.39 is 0 Å². The highest BCUT2D eigenvalue weighted by atomic mass is 16.5. The third kappa shape index (κ3) is 1.19. The van der Waals surface area contributed by atoms with E-state index in [1.165, 1.54) is 6.20 Å². The lowest BCUT2D eigenvalue weighted by Crippen LogP contribution is -2.10. The fourth-order valence-corrected chi connectivity index (χ4v) is 1.23. The Balaban J connectivity index is 2.43. The third-order valence-corrected chi connectivity index (χ3v) is 1.79. The zero-order chi connectivity index (χ0) is 7.68. The molecule has 0 aromatic carbocycles. The maximum atomic E-state index is 9.07. The van der Waals surface area contributed by atoms with E-state index in [0.29, 0.717) is 6.61 Å². The highest BCUT2D eigenvalue weighted by Crippen LogP contribution is 2.18. The van der Waals surface area contributed by atoms with Gasteiger partial charge in [-0.3, -0.25) is 4.98 Å². The lowest BCUT2D eigenvalue weighted by molar-refractivity contribution is 0.109. The molecule has 0 radical (unpaired) electrons. The van der Waals surface area contributed by atoms with Gasteiger partial charge in [0.1, 0.15) is 5.75 Å². The van der Waals surface area contributed by atoms with E-state index in [9.17, 15) is 0 Å². The van der Waals surface area contributed by atoms with Crippen molar-refractivity contribution in [1.82, 2.24) is 4.98 Å². The zero-order valence-corrected chi connectivity index (χ0v) is 6.08. The first-order valence-corrected chi connectivity index (χ1v) is 3.61. The van der Waals surface area contributed by atoms with Gasteiger partial charge in [-0.05, 0) is 6.07 Å². The van der Waals surface area contributed by atoms with E-state index >= 15 is 0 Å². The van der Waals surface area contributed by atoms with Crippen molar-refractivity contribution < 1.29 is 9.84 Å². The molecule has 1 aromatic rings. The van der Waals surface area contributed by atoms with Crippen LogP contribution in [0.2, 0.25) is 0 Å². The van der Waals surface area contributed by atoms with Crippen molar-refractivity contribution in [3.05, 3.63) is 23.5 Å². The molecular formula is C8H9NO2. The minimum absolute atomic E-state index is 0.217. The van der Waals surface area contributed by atoms with Crippen LogP contribution in [0.4, 0.5) is 0 Å². The number of aromatic hydroxyl groups is 1. The van der Waals surface area contributed by atoms with Gasteiger partial charge >= 0.3 is 0 Å². The predicted octanol–water partition coefficient (Wildman–Crippen LogP) is 0.860. The van der Waals surface area contributed by atoms with Crippen molar-refractivity contribution in [2.45, 2.75) is 13.0 Å². The highest BCUT2D eigenvalue weighted by Gasteiger charge is 2.10. The molecular weight excluding hydrogens is 142 g/mol. The van der Waals surface area contributed by atoms with Gasteiger partial charge in [0.15, 0.2) is 0 Å². The molecule has 0 amide bonds. The molecule has 0 unspecified atom stereocenters. The van der Waals surface area contributed by atoms with Crippen LogP contribution in [0.25, 0.3) is 0 Å². The van der Waals surface area contributed by atoms with Crippen LogP contribution in [0.5, 0.6) is 5.75 Å². The summed E-state index contributed by atoms with van der Waals surface area (Å²) in [4.78, 5) is 4.09. The lowest BCUT2D eigenvalue weighted by atomic mass is 10.1. The van der Waals surface area contributed by atoms with Crippen LogP contribution in [0.3, 0.4) is 0 Å². The van der Waals surface area contributed by atoms with Gasteiger partial charge in [0, 0.05) is 17.7 Å². The van der Waals surface area contributed by atoms with E-state index in [1.807, 2.05) is 0 Å². The van der Waals surface area contributed by atoms with Crippen molar-refractivity contribution in [3.8, 4) is 5.75 Å². The highest BCUT2D eigenvalue weighted by molar-refractivity contribution is 5.28. The molecule has 1 aliphatic rings. The molecule has 0 fully saturated rings. The number of hydrogen-bond acceptors (Lipinski definition) is 3. The van der Waals surface area contributed by atoms with Crippen molar-refractivity contribution in [2.75, 3.05) is 6.61 Å². The van der Waals surface area contributed by atoms with Crippen molar-refractivity contribution in [2.24, 2.45) is 0 Å². The fraction of sp³-hybridized carbons (Fsp3) is 0.375. The Morgan fingerprint density at radius 3 is 3.36 bits per heavy atom. The Labute approximate surface area is 64.6 Å². The number of pyridine rings is 1. The number of rotatable bonds is 0. The lowest BCUT2D eigenvalue weighted by Gasteiger charge is -2.14. The van der Waals surface area contributed by atoms with Gasteiger partial charge in [-0.15, -0.1) is 0 Å². The molecule has 0 saturated carbocycles. The van der Waals surface area contributed by atoms with Gasteiger partial charge in [0.05, 0.1) is 19.4 Å². The summed E-state index contributed by atoms with van der Waals surface area (Å²) in [6.07, 6.45) is 2.33. The molecule has 0 spiro atoms. The smallest absolute Gasteiger partial charge is 0.134 e. The van der Waals surface area contributed by atoms with E-state index in [4.69, 9.17) is 9.84 Å². The summed E-state index contributed by atoms with van der Waals surface area (Å²) in [5, 5.41) is 9.07. The predicted molar refractivity (Wildman–Crippen MR) is 39.3 cm³/mol. The van der Waals surface area contributed by atoms with Crippen molar-refractivity contribution in [1.29, 1.82) is 0 Å². The fourth-order valence-electron chi connectivity index (χ4n) is 1.23. The van der Waals surface area contributed by atoms with Crippen LogP contribution in [-0.2, 0) is 17.8 Å². The molecule has 1 aromatic heterocycles. The summed E-state index contributed by atoms with van der Waals surface area (Å²) in [5.74, 6) is 0.217. The Bertz CT molecular complexity index is 273. The molecule has 1 N–H and O–H groups in total. The first kappa shape index (κ1) is 6.61. The van der Waals surface area contributed by atoms with Crippen LogP contribution in [0.15, 0.2) is 12.3 Å². The second kappa shape index (κ2) is 2.51. The SMILES string of the molecule is Oc1cnc2c(c1)COCC2. The number of aromatic nitrogens is 1. The normalized spacial score (nSPS) is 16.0. The van der Waals surface area contributed by atoms with Crippen molar-refractivity contribution >= 4 is 0 Å². The van der Waals surface area contributed by atoms with Crippen LogP contribution in [0.1, 0.15) is 11.3 Å².